The Morgan fingerprint density at radius 2 is 2.36 bits per heavy atom. The maximum Gasteiger partial charge on any atom is 0.193 e. The van der Waals surface area contributed by atoms with Crippen molar-refractivity contribution in [3.63, 3.8) is 0 Å². The molecule has 6 heteroatoms. The highest BCUT2D eigenvalue weighted by atomic mass is 32.1. The number of fused-ring (bicyclic) bond motifs is 1. The number of likely N-dealkylation sites (N-methyl/N-ethyl adjacent to an activating group) is 1. The van der Waals surface area contributed by atoms with Gasteiger partial charge in [0.1, 0.15) is 0 Å². The molecule has 0 amide bonds. The van der Waals surface area contributed by atoms with E-state index < -0.39 is 0 Å². The monoisotopic (exact) mass is 364 g/mol. The minimum Gasteiger partial charge on any atom is -0.379 e. The number of nitrogens with zero attached hydrogens (tertiary/aromatic N) is 3. The van der Waals surface area contributed by atoms with Gasteiger partial charge < -0.3 is 15.0 Å². The third kappa shape index (κ3) is 5.97. The lowest BCUT2D eigenvalue weighted by atomic mass is 10.1. The molecule has 1 fully saturated rings. The summed E-state index contributed by atoms with van der Waals surface area (Å²) in [6.07, 6.45) is 3.89. The van der Waals surface area contributed by atoms with E-state index in [0.29, 0.717) is 0 Å². The molecule has 1 aromatic heterocycles. The zero-order valence-corrected chi connectivity index (χ0v) is 16.5. The minimum atomic E-state index is 0.782. The summed E-state index contributed by atoms with van der Waals surface area (Å²) in [6.45, 7) is 9.72. The Morgan fingerprint density at radius 3 is 3.16 bits per heavy atom. The third-order valence-corrected chi connectivity index (χ3v) is 5.91. The highest BCUT2D eigenvalue weighted by Crippen LogP contribution is 2.28. The first-order valence-electron chi connectivity index (χ1n) is 9.61. The van der Waals surface area contributed by atoms with Crippen molar-refractivity contribution in [3.8, 4) is 0 Å². The van der Waals surface area contributed by atoms with Crippen LogP contribution in [0.1, 0.15) is 30.2 Å². The van der Waals surface area contributed by atoms with Gasteiger partial charge in [-0.3, -0.25) is 9.89 Å². The summed E-state index contributed by atoms with van der Waals surface area (Å²) >= 11 is 1.90. The minimum absolute atomic E-state index is 0.782. The largest absolute Gasteiger partial charge is 0.379 e. The second-order valence-electron chi connectivity index (χ2n) is 7.07. The van der Waals surface area contributed by atoms with Crippen LogP contribution in [0.2, 0.25) is 0 Å². The van der Waals surface area contributed by atoms with E-state index in [1.807, 2.05) is 11.3 Å². The molecule has 0 bridgehead atoms. The van der Waals surface area contributed by atoms with Crippen molar-refractivity contribution in [2.24, 2.45) is 10.9 Å². The standard InChI is InChI=1S/C19H32N4OS/c1-3-20-19(22(2)11-12-24-15-16-4-5-16)21-8-10-23-9-6-18-17(14-23)7-13-25-18/h7,13,16H,3-6,8-12,14-15H2,1-2H3,(H,20,21). The van der Waals surface area contributed by atoms with Gasteiger partial charge in [-0.2, -0.15) is 0 Å². The van der Waals surface area contributed by atoms with Gasteiger partial charge in [-0.15, -0.1) is 11.3 Å². The molecule has 0 atom stereocenters. The van der Waals surface area contributed by atoms with Crippen LogP contribution in [0.25, 0.3) is 0 Å². The summed E-state index contributed by atoms with van der Waals surface area (Å²) in [6, 6.07) is 2.27. The molecule has 1 aromatic rings. The SMILES string of the molecule is CCNC(=NCCN1CCc2sccc2C1)N(C)CCOCC1CC1. The maximum atomic E-state index is 5.75. The third-order valence-electron chi connectivity index (χ3n) is 4.88. The van der Waals surface area contributed by atoms with E-state index in [2.05, 4.69) is 40.5 Å². The Balaban J connectivity index is 1.39. The van der Waals surface area contributed by atoms with Gasteiger partial charge in [-0.1, -0.05) is 0 Å². The smallest absolute Gasteiger partial charge is 0.193 e. The summed E-state index contributed by atoms with van der Waals surface area (Å²) in [5.74, 6) is 1.83. The van der Waals surface area contributed by atoms with E-state index in [1.165, 1.54) is 24.8 Å². The summed E-state index contributed by atoms with van der Waals surface area (Å²) in [7, 11) is 2.10. The number of rotatable bonds is 9. The van der Waals surface area contributed by atoms with E-state index in [9.17, 15) is 0 Å². The first kappa shape index (κ1) is 18.7. The van der Waals surface area contributed by atoms with Gasteiger partial charge in [0.2, 0.25) is 0 Å². The van der Waals surface area contributed by atoms with Crippen LogP contribution in [0, 0.1) is 5.92 Å². The number of guanidine groups is 1. The average molecular weight is 365 g/mol. The fourth-order valence-electron chi connectivity index (χ4n) is 3.11. The van der Waals surface area contributed by atoms with Crippen LogP contribution in [0.3, 0.4) is 0 Å². The Hall–Kier alpha value is -1.11. The van der Waals surface area contributed by atoms with Crippen molar-refractivity contribution in [3.05, 3.63) is 21.9 Å². The van der Waals surface area contributed by atoms with Crippen LogP contribution >= 0.6 is 11.3 Å². The molecule has 0 aromatic carbocycles. The fraction of sp³-hybridized carbons (Fsp3) is 0.737. The number of nitrogens with one attached hydrogen (secondary N) is 1. The van der Waals surface area contributed by atoms with Gasteiger partial charge in [-0.05, 0) is 49.1 Å². The molecule has 3 rings (SSSR count). The van der Waals surface area contributed by atoms with E-state index in [0.717, 1.165) is 64.4 Å². The zero-order valence-electron chi connectivity index (χ0n) is 15.7. The van der Waals surface area contributed by atoms with Crippen LogP contribution in [0.4, 0.5) is 0 Å². The molecule has 0 radical (unpaired) electrons. The average Bonchev–Trinajstić information content (AvgIpc) is 3.33. The van der Waals surface area contributed by atoms with E-state index in [1.54, 1.807) is 4.88 Å². The summed E-state index contributed by atoms with van der Waals surface area (Å²) in [4.78, 5) is 11.1. The molecule has 25 heavy (non-hydrogen) atoms. The van der Waals surface area contributed by atoms with Gasteiger partial charge >= 0.3 is 0 Å². The number of aliphatic imine (C=N–C) groups is 1. The molecular formula is C19H32N4OS. The Kier molecular flexibility index (Phi) is 7.13. The molecule has 1 saturated carbocycles. The molecule has 0 spiro atoms. The van der Waals surface area contributed by atoms with Crippen molar-refractivity contribution in [2.45, 2.75) is 32.7 Å². The second-order valence-corrected chi connectivity index (χ2v) is 8.07. The normalized spacial score (nSPS) is 18.2. The predicted molar refractivity (Wildman–Crippen MR) is 105 cm³/mol. The van der Waals surface area contributed by atoms with Gasteiger partial charge in [0, 0.05) is 51.3 Å². The predicted octanol–water partition coefficient (Wildman–Crippen LogP) is 2.43. The molecule has 2 heterocycles. The van der Waals surface area contributed by atoms with E-state index in [4.69, 9.17) is 9.73 Å². The summed E-state index contributed by atoms with van der Waals surface area (Å²) in [5.41, 5.74) is 1.51. The van der Waals surface area contributed by atoms with Crippen molar-refractivity contribution in [1.29, 1.82) is 0 Å². The number of hydrogen-bond donors (Lipinski definition) is 1. The van der Waals surface area contributed by atoms with Crippen LogP contribution in [-0.4, -0.2) is 68.7 Å². The van der Waals surface area contributed by atoms with Crippen LogP contribution < -0.4 is 5.32 Å². The second kappa shape index (κ2) is 9.55. The molecule has 0 saturated heterocycles. The van der Waals surface area contributed by atoms with Crippen LogP contribution in [-0.2, 0) is 17.7 Å². The van der Waals surface area contributed by atoms with Crippen LogP contribution in [0.5, 0.6) is 0 Å². The highest BCUT2D eigenvalue weighted by Gasteiger charge is 2.21. The Labute approximate surface area is 156 Å². The quantitative estimate of drug-likeness (QED) is 0.415. The summed E-state index contributed by atoms with van der Waals surface area (Å²) in [5, 5.41) is 5.62. The number of thiophene rings is 1. The molecular weight excluding hydrogens is 332 g/mol. The Bertz CT molecular complexity index is 555. The number of ether oxygens (including phenoxy) is 1. The number of hydrogen-bond acceptors (Lipinski definition) is 4. The fourth-order valence-corrected chi connectivity index (χ4v) is 4.00. The Morgan fingerprint density at radius 1 is 1.48 bits per heavy atom. The zero-order chi connectivity index (χ0) is 17.5. The van der Waals surface area contributed by atoms with Gasteiger partial charge in [0.15, 0.2) is 5.96 Å². The first-order chi connectivity index (χ1) is 12.3. The van der Waals surface area contributed by atoms with Crippen LogP contribution in [0.15, 0.2) is 16.4 Å². The van der Waals surface area contributed by atoms with Gasteiger partial charge in [0.25, 0.3) is 0 Å². The topological polar surface area (TPSA) is 40.1 Å². The lowest BCUT2D eigenvalue weighted by Crippen LogP contribution is -2.41. The van der Waals surface area contributed by atoms with Gasteiger partial charge in [-0.25, -0.2) is 0 Å². The highest BCUT2D eigenvalue weighted by molar-refractivity contribution is 7.10. The van der Waals surface area contributed by atoms with E-state index in [-0.39, 0.29) is 0 Å². The molecule has 0 unspecified atom stereocenters. The molecule has 140 valence electrons. The van der Waals surface area contributed by atoms with Crippen molar-refractivity contribution in [2.75, 3.05) is 53.0 Å². The van der Waals surface area contributed by atoms with Crippen molar-refractivity contribution >= 4 is 17.3 Å². The maximum absolute atomic E-state index is 5.75. The lowest BCUT2D eigenvalue weighted by Gasteiger charge is -2.26. The molecule has 1 aliphatic heterocycles. The molecule has 1 N–H and O–H groups in total. The van der Waals surface area contributed by atoms with Crippen molar-refractivity contribution in [1.82, 2.24) is 15.1 Å². The molecule has 1 aliphatic carbocycles. The molecule has 2 aliphatic rings. The lowest BCUT2D eigenvalue weighted by molar-refractivity contribution is 0.115. The summed E-state index contributed by atoms with van der Waals surface area (Å²) < 4.78 is 5.75. The van der Waals surface area contributed by atoms with E-state index >= 15 is 0 Å². The van der Waals surface area contributed by atoms with Crippen molar-refractivity contribution < 1.29 is 4.74 Å². The van der Waals surface area contributed by atoms with Gasteiger partial charge in [0.05, 0.1) is 13.2 Å². The first-order valence-corrected chi connectivity index (χ1v) is 10.5. The molecule has 5 nitrogen and oxygen atoms in total.